The molecule has 1 N–H and O–H groups in total. The van der Waals surface area contributed by atoms with Crippen LogP contribution in [-0.4, -0.2) is 11.8 Å². The van der Waals surface area contributed by atoms with E-state index in [1.165, 1.54) is 5.56 Å². The highest BCUT2D eigenvalue weighted by molar-refractivity contribution is 6.32. The number of fused-ring (bicyclic) bond motifs is 1. The van der Waals surface area contributed by atoms with E-state index in [9.17, 15) is 0 Å². The quantitative estimate of drug-likeness (QED) is 0.938. The van der Waals surface area contributed by atoms with Gasteiger partial charge in [0.1, 0.15) is 0 Å². The Morgan fingerprint density at radius 1 is 1.30 bits per heavy atom. The number of aromatic nitrogens is 1. The van der Waals surface area contributed by atoms with Crippen molar-refractivity contribution in [3.05, 3.63) is 52.8 Å². The molecule has 0 aliphatic carbocycles. The van der Waals surface area contributed by atoms with Crippen LogP contribution >= 0.6 is 11.6 Å². The summed E-state index contributed by atoms with van der Waals surface area (Å²) in [5.41, 5.74) is 2.27. The summed E-state index contributed by atoms with van der Waals surface area (Å²) in [5.74, 6) is 1.35. The van der Waals surface area contributed by atoms with Gasteiger partial charge in [0, 0.05) is 25.0 Å². The Kier molecular flexibility index (Phi) is 3.76. The minimum absolute atomic E-state index is 0.235. The highest BCUT2D eigenvalue weighted by atomic mass is 35.5. The van der Waals surface area contributed by atoms with Crippen molar-refractivity contribution in [2.75, 3.05) is 6.79 Å². The third kappa shape index (κ3) is 2.71. The number of hydrogen-bond acceptors (Lipinski definition) is 4. The van der Waals surface area contributed by atoms with Gasteiger partial charge in [-0.2, -0.15) is 0 Å². The molecule has 2 aromatic rings. The highest BCUT2D eigenvalue weighted by Gasteiger charge is 2.18. The first kappa shape index (κ1) is 13.2. The smallest absolute Gasteiger partial charge is 0.231 e. The molecule has 20 heavy (non-hydrogen) atoms. The number of pyridine rings is 1. The van der Waals surface area contributed by atoms with E-state index in [1.54, 1.807) is 12.4 Å². The second-order valence-electron chi connectivity index (χ2n) is 4.69. The zero-order valence-corrected chi connectivity index (χ0v) is 11.9. The molecule has 1 aliphatic rings. The number of hydrogen-bond donors (Lipinski definition) is 1. The van der Waals surface area contributed by atoms with E-state index in [2.05, 4.69) is 17.2 Å². The SMILES string of the molecule is CC(NCc1cc(Cl)c2c(c1)OCO2)c1ccncc1. The standard InChI is InChI=1S/C15H15ClN2O2/c1-10(12-2-4-17-5-3-12)18-8-11-6-13(16)15-14(7-11)19-9-20-15/h2-7,10,18H,8-9H2,1H3. The summed E-state index contributed by atoms with van der Waals surface area (Å²) in [6.45, 7) is 3.06. The van der Waals surface area contributed by atoms with Crippen molar-refractivity contribution in [1.82, 2.24) is 10.3 Å². The number of halogens is 1. The molecule has 0 saturated carbocycles. The first-order valence-electron chi connectivity index (χ1n) is 6.45. The summed E-state index contributed by atoms with van der Waals surface area (Å²) in [7, 11) is 0. The predicted octanol–water partition coefficient (Wildman–Crippen LogP) is 3.31. The van der Waals surface area contributed by atoms with Crippen LogP contribution < -0.4 is 14.8 Å². The van der Waals surface area contributed by atoms with E-state index in [0.29, 0.717) is 23.1 Å². The lowest BCUT2D eigenvalue weighted by Gasteiger charge is -2.14. The molecule has 0 fully saturated rings. The van der Waals surface area contributed by atoms with E-state index in [4.69, 9.17) is 21.1 Å². The topological polar surface area (TPSA) is 43.4 Å². The molecule has 4 nitrogen and oxygen atoms in total. The number of ether oxygens (including phenoxy) is 2. The lowest BCUT2D eigenvalue weighted by molar-refractivity contribution is 0.174. The summed E-state index contributed by atoms with van der Waals surface area (Å²) in [6, 6.07) is 8.11. The van der Waals surface area contributed by atoms with Gasteiger partial charge >= 0.3 is 0 Å². The second kappa shape index (κ2) is 5.69. The average Bonchev–Trinajstić information content (AvgIpc) is 2.94. The second-order valence-corrected chi connectivity index (χ2v) is 5.10. The molecule has 0 bridgehead atoms. The number of benzene rings is 1. The lowest BCUT2D eigenvalue weighted by Crippen LogP contribution is -2.18. The van der Waals surface area contributed by atoms with E-state index < -0.39 is 0 Å². The van der Waals surface area contributed by atoms with Crippen LogP contribution in [0.5, 0.6) is 11.5 Å². The molecule has 0 radical (unpaired) electrons. The largest absolute Gasteiger partial charge is 0.454 e. The fraction of sp³-hybridized carbons (Fsp3) is 0.267. The van der Waals surface area contributed by atoms with Gasteiger partial charge in [0.05, 0.1) is 5.02 Å². The molecule has 1 aromatic carbocycles. The van der Waals surface area contributed by atoms with Crippen LogP contribution in [0.3, 0.4) is 0 Å². The van der Waals surface area contributed by atoms with Crippen LogP contribution in [0.1, 0.15) is 24.1 Å². The van der Waals surface area contributed by atoms with Crippen molar-refractivity contribution in [2.24, 2.45) is 0 Å². The van der Waals surface area contributed by atoms with E-state index in [-0.39, 0.29) is 12.8 Å². The molecule has 1 aromatic heterocycles. The first-order chi connectivity index (χ1) is 9.74. The zero-order chi connectivity index (χ0) is 13.9. The molecule has 1 unspecified atom stereocenters. The molecular weight excluding hydrogens is 276 g/mol. The number of nitrogens with zero attached hydrogens (tertiary/aromatic N) is 1. The van der Waals surface area contributed by atoms with E-state index in [1.807, 2.05) is 24.3 Å². The van der Waals surface area contributed by atoms with Crippen LogP contribution in [0.4, 0.5) is 0 Å². The lowest BCUT2D eigenvalue weighted by atomic mass is 10.1. The molecule has 1 atom stereocenters. The Balaban J connectivity index is 1.68. The van der Waals surface area contributed by atoms with Gasteiger partial charge in [-0.15, -0.1) is 0 Å². The van der Waals surface area contributed by atoms with Crippen molar-refractivity contribution < 1.29 is 9.47 Å². The third-order valence-corrected chi connectivity index (χ3v) is 3.59. The summed E-state index contributed by atoms with van der Waals surface area (Å²) >= 11 is 6.17. The van der Waals surface area contributed by atoms with Gasteiger partial charge in [-0.1, -0.05) is 11.6 Å². The van der Waals surface area contributed by atoms with Crippen LogP contribution in [0.15, 0.2) is 36.7 Å². The van der Waals surface area contributed by atoms with Crippen molar-refractivity contribution in [1.29, 1.82) is 0 Å². The Labute approximate surface area is 122 Å². The summed E-state index contributed by atoms with van der Waals surface area (Å²) in [4.78, 5) is 4.02. The minimum atomic E-state index is 0.235. The van der Waals surface area contributed by atoms with Crippen LogP contribution in [-0.2, 0) is 6.54 Å². The van der Waals surface area contributed by atoms with Crippen LogP contribution in [0, 0.1) is 0 Å². The number of nitrogens with one attached hydrogen (secondary N) is 1. The van der Waals surface area contributed by atoms with Gasteiger partial charge in [-0.05, 0) is 42.3 Å². The Hall–Kier alpha value is -1.78. The van der Waals surface area contributed by atoms with Gasteiger partial charge in [-0.25, -0.2) is 0 Å². The predicted molar refractivity (Wildman–Crippen MR) is 77.1 cm³/mol. The summed E-state index contributed by atoms with van der Waals surface area (Å²) < 4.78 is 10.7. The van der Waals surface area contributed by atoms with Crippen molar-refractivity contribution in [3.63, 3.8) is 0 Å². The van der Waals surface area contributed by atoms with E-state index in [0.717, 1.165) is 5.56 Å². The van der Waals surface area contributed by atoms with Crippen molar-refractivity contribution in [2.45, 2.75) is 19.5 Å². The van der Waals surface area contributed by atoms with Gasteiger partial charge in [0.2, 0.25) is 6.79 Å². The molecule has 104 valence electrons. The Morgan fingerprint density at radius 3 is 2.90 bits per heavy atom. The molecule has 5 heteroatoms. The maximum Gasteiger partial charge on any atom is 0.231 e. The molecule has 3 rings (SSSR count). The van der Waals surface area contributed by atoms with Gasteiger partial charge in [0.25, 0.3) is 0 Å². The summed E-state index contributed by atoms with van der Waals surface area (Å²) in [5, 5.41) is 4.04. The molecular formula is C15H15ClN2O2. The maximum atomic E-state index is 6.17. The zero-order valence-electron chi connectivity index (χ0n) is 11.1. The average molecular weight is 291 g/mol. The molecule has 0 saturated heterocycles. The van der Waals surface area contributed by atoms with E-state index >= 15 is 0 Å². The molecule has 1 aliphatic heterocycles. The monoisotopic (exact) mass is 290 g/mol. The Morgan fingerprint density at radius 2 is 2.10 bits per heavy atom. The van der Waals surface area contributed by atoms with Gasteiger partial charge in [0.15, 0.2) is 11.5 Å². The minimum Gasteiger partial charge on any atom is -0.454 e. The first-order valence-corrected chi connectivity index (χ1v) is 6.83. The van der Waals surface area contributed by atoms with Crippen LogP contribution in [0.2, 0.25) is 5.02 Å². The maximum absolute atomic E-state index is 6.17. The normalized spacial score (nSPS) is 14.3. The fourth-order valence-corrected chi connectivity index (χ4v) is 2.45. The highest BCUT2D eigenvalue weighted by Crippen LogP contribution is 2.39. The van der Waals surface area contributed by atoms with Crippen LogP contribution in [0.25, 0.3) is 0 Å². The number of rotatable bonds is 4. The molecule has 0 spiro atoms. The summed E-state index contributed by atoms with van der Waals surface area (Å²) in [6.07, 6.45) is 3.59. The molecule has 2 heterocycles. The van der Waals surface area contributed by atoms with Gasteiger partial charge in [-0.3, -0.25) is 4.98 Å². The third-order valence-electron chi connectivity index (χ3n) is 3.31. The van der Waals surface area contributed by atoms with Crippen molar-refractivity contribution in [3.8, 4) is 11.5 Å². The van der Waals surface area contributed by atoms with Crippen molar-refractivity contribution >= 4 is 11.6 Å². The van der Waals surface area contributed by atoms with Gasteiger partial charge < -0.3 is 14.8 Å². The Bertz CT molecular complexity index is 604. The fourth-order valence-electron chi connectivity index (χ4n) is 2.16. The molecule has 0 amide bonds.